The van der Waals surface area contributed by atoms with Crippen molar-refractivity contribution in [2.24, 2.45) is 17.8 Å². The lowest BCUT2D eigenvalue weighted by molar-refractivity contribution is -0.121. The quantitative estimate of drug-likeness (QED) is 0.756. The van der Waals surface area contributed by atoms with Crippen LogP contribution in [0.5, 0.6) is 0 Å². The molecule has 0 heterocycles. The topological polar surface area (TPSA) is 63.2 Å². The van der Waals surface area contributed by atoms with Gasteiger partial charge in [0.15, 0.2) is 0 Å². The highest BCUT2D eigenvalue weighted by molar-refractivity contribution is 7.90. The van der Waals surface area contributed by atoms with Gasteiger partial charge in [0.1, 0.15) is 9.84 Å². The number of nitrogens with one attached hydrogen (secondary N) is 1. The molecule has 17 heavy (non-hydrogen) atoms. The molecule has 4 nitrogen and oxygen atoms in total. The van der Waals surface area contributed by atoms with Crippen molar-refractivity contribution in [1.29, 1.82) is 0 Å². The highest BCUT2D eigenvalue weighted by Crippen LogP contribution is 2.19. The standard InChI is InChI=1S/C12H25NO3S/c1-9(2)11(10(3)4)8-13-12(14)6-7-17(5,15)16/h9-11H,6-8H2,1-5H3,(H,13,14). The summed E-state index contributed by atoms with van der Waals surface area (Å²) in [5.74, 6) is 1.18. The van der Waals surface area contributed by atoms with Crippen molar-refractivity contribution in [2.75, 3.05) is 18.6 Å². The van der Waals surface area contributed by atoms with Gasteiger partial charge in [-0.15, -0.1) is 0 Å². The highest BCUT2D eigenvalue weighted by Gasteiger charge is 2.18. The summed E-state index contributed by atoms with van der Waals surface area (Å²) < 4.78 is 21.8. The van der Waals surface area contributed by atoms with E-state index >= 15 is 0 Å². The lowest BCUT2D eigenvalue weighted by Crippen LogP contribution is -2.34. The van der Waals surface area contributed by atoms with E-state index in [1.165, 1.54) is 0 Å². The summed E-state index contributed by atoms with van der Waals surface area (Å²) in [6.45, 7) is 9.15. The van der Waals surface area contributed by atoms with Crippen LogP contribution in [0.1, 0.15) is 34.1 Å². The molecule has 0 saturated heterocycles. The molecule has 5 heteroatoms. The number of carbonyl (C=O) groups is 1. The Kier molecular flexibility index (Phi) is 6.75. The maximum absolute atomic E-state index is 11.5. The van der Waals surface area contributed by atoms with Crippen LogP contribution >= 0.6 is 0 Å². The fourth-order valence-electron chi connectivity index (χ4n) is 1.84. The normalized spacial score (nSPS) is 12.5. The number of sulfone groups is 1. The van der Waals surface area contributed by atoms with Crippen LogP contribution in [0.4, 0.5) is 0 Å². The molecule has 0 unspecified atom stereocenters. The molecule has 0 rings (SSSR count). The molecule has 0 spiro atoms. The van der Waals surface area contributed by atoms with Gasteiger partial charge in [0, 0.05) is 19.2 Å². The number of hydrogen-bond donors (Lipinski definition) is 1. The minimum absolute atomic E-state index is 0.0573. The van der Waals surface area contributed by atoms with Gasteiger partial charge in [-0.05, 0) is 17.8 Å². The van der Waals surface area contributed by atoms with Gasteiger partial charge in [0.2, 0.25) is 5.91 Å². The third-order valence-electron chi connectivity index (χ3n) is 2.95. The highest BCUT2D eigenvalue weighted by atomic mass is 32.2. The van der Waals surface area contributed by atoms with Crippen molar-refractivity contribution in [1.82, 2.24) is 5.32 Å². The van der Waals surface area contributed by atoms with Gasteiger partial charge in [0.05, 0.1) is 5.75 Å². The van der Waals surface area contributed by atoms with Crippen molar-refractivity contribution in [3.05, 3.63) is 0 Å². The van der Waals surface area contributed by atoms with E-state index in [0.717, 1.165) is 6.26 Å². The molecule has 0 radical (unpaired) electrons. The maximum Gasteiger partial charge on any atom is 0.221 e. The molecule has 0 aromatic rings. The zero-order chi connectivity index (χ0) is 13.6. The van der Waals surface area contributed by atoms with Gasteiger partial charge in [-0.25, -0.2) is 8.42 Å². The molecule has 0 bridgehead atoms. The van der Waals surface area contributed by atoms with Gasteiger partial charge < -0.3 is 5.32 Å². The fraction of sp³-hybridized carbons (Fsp3) is 0.917. The second kappa shape index (κ2) is 6.99. The number of hydrogen-bond acceptors (Lipinski definition) is 3. The first-order valence-electron chi connectivity index (χ1n) is 6.08. The molecule has 0 aliphatic rings. The van der Waals surface area contributed by atoms with E-state index in [9.17, 15) is 13.2 Å². The zero-order valence-corrected chi connectivity index (χ0v) is 12.3. The third-order valence-corrected chi connectivity index (χ3v) is 3.89. The molecule has 0 aliphatic carbocycles. The zero-order valence-electron chi connectivity index (χ0n) is 11.5. The number of amides is 1. The van der Waals surface area contributed by atoms with Crippen LogP contribution in [-0.2, 0) is 14.6 Å². The van der Waals surface area contributed by atoms with E-state index in [1.807, 2.05) is 0 Å². The van der Waals surface area contributed by atoms with Crippen molar-refractivity contribution < 1.29 is 13.2 Å². The Balaban J connectivity index is 4.06. The van der Waals surface area contributed by atoms with Gasteiger partial charge >= 0.3 is 0 Å². The van der Waals surface area contributed by atoms with E-state index in [-0.39, 0.29) is 18.1 Å². The van der Waals surface area contributed by atoms with Crippen LogP contribution in [0.25, 0.3) is 0 Å². The Bertz CT molecular complexity index is 326. The molecule has 1 amide bonds. The molecule has 0 aromatic heterocycles. The fourth-order valence-corrected chi connectivity index (χ4v) is 2.40. The SMILES string of the molecule is CC(C)C(CNC(=O)CCS(C)(=O)=O)C(C)C. The predicted molar refractivity (Wildman–Crippen MR) is 70.5 cm³/mol. The van der Waals surface area contributed by atoms with Crippen LogP contribution < -0.4 is 5.32 Å². The van der Waals surface area contributed by atoms with Gasteiger partial charge in [-0.1, -0.05) is 27.7 Å². The Morgan fingerprint density at radius 3 is 1.94 bits per heavy atom. The van der Waals surface area contributed by atoms with E-state index in [2.05, 4.69) is 33.0 Å². The van der Waals surface area contributed by atoms with Crippen molar-refractivity contribution in [3.8, 4) is 0 Å². The van der Waals surface area contributed by atoms with Gasteiger partial charge in [0.25, 0.3) is 0 Å². The largest absolute Gasteiger partial charge is 0.356 e. The first-order valence-corrected chi connectivity index (χ1v) is 8.14. The van der Waals surface area contributed by atoms with Crippen LogP contribution in [0.3, 0.4) is 0 Å². The molecule has 0 aromatic carbocycles. The Morgan fingerprint density at radius 1 is 1.12 bits per heavy atom. The van der Waals surface area contributed by atoms with Crippen molar-refractivity contribution in [3.63, 3.8) is 0 Å². The Labute approximate surface area is 105 Å². The van der Waals surface area contributed by atoms with Crippen molar-refractivity contribution in [2.45, 2.75) is 34.1 Å². The average molecular weight is 263 g/mol. The van der Waals surface area contributed by atoms with E-state index in [1.54, 1.807) is 0 Å². The molecule has 0 fully saturated rings. The number of rotatable bonds is 7. The van der Waals surface area contributed by atoms with E-state index in [0.29, 0.717) is 24.3 Å². The maximum atomic E-state index is 11.5. The first kappa shape index (κ1) is 16.4. The summed E-state index contributed by atoms with van der Waals surface area (Å²) in [6, 6.07) is 0. The molecule has 0 atom stereocenters. The monoisotopic (exact) mass is 263 g/mol. The summed E-state index contributed by atoms with van der Waals surface area (Å²) in [5.41, 5.74) is 0. The second-order valence-corrected chi connectivity index (χ2v) is 7.60. The summed E-state index contributed by atoms with van der Waals surface area (Å²) in [7, 11) is -3.05. The molecule has 0 aliphatic heterocycles. The van der Waals surface area contributed by atoms with E-state index in [4.69, 9.17) is 0 Å². The Morgan fingerprint density at radius 2 is 1.59 bits per heavy atom. The third kappa shape index (κ3) is 8.18. The lowest BCUT2D eigenvalue weighted by atomic mass is 9.85. The van der Waals surface area contributed by atoms with Gasteiger partial charge in [-0.2, -0.15) is 0 Å². The number of carbonyl (C=O) groups excluding carboxylic acids is 1. The van der Waals surface area contributed by atoms with Gasteiger partial charge in [-0.3, -0.25) is 4.79 Å². The molecule has 1 N–H and O–H groups in total. The molecule has 0 saturated carbocycles. The summed E-state index contributed by atoms with van der Waals surface area (Å²) in [4.78, 5) is 11.5. The molecular weight excluding hydrogens is 238 g/mol. The van der Waals surface area contributed by atoms with Crippen LogP contribution in [0, 0.1) is 17.8 Å². The first-order chi connectivity index (χ1) is 7.63. The van der Waals surface area contributed by atoms with E-state index < -0.39 is 9.84 Å². The summed E-state index contributed by atoms with van der Waals surface area (Å²) in [5, 5.41) is 2.81. The predicted octanol–water partition coefficient (Wildman–Crippen LogP) is 1.47. The van der Waals surface area contributed by atoms with Crippen LogP contribution in [0.15, 0.2) is 0 Å². The molecule has 102 valence electrons. The van der Waals surface area contributed by atoms with Crippen molar-refractivity contribution >= 4 is 15.7 Å². The lowest BCUT2D eigenvalue weighted by Gasteiger charge is -2.25. The minimum atomic E-state index is -3.05. The summed E-state index contributed by atoms with van der Waals surface area (Å²) in [6.07, 6.45) is 1.20. The minimum Gasteiger partial charge on any atom is -0.356 e. The van der Waals surface area contributed by atoms with Crippen LogP contribution in [0.2, 0.25) is 0 Å². The second-order valence-electron chi connectivity index (χ2n) is 5.34. The Hall–Kier alpha value is -0.580. The average Bonchev–Trinajstić information content (AvgIpc) is 2.12. The molecular formula is C12H25NO3S. The summed E-state index contributed by atoms with van der Waals surface area (Å²) >= 11 is 0. The smallest absolute Gasteiger partial charge is 0.221 e. The van der Waals surface area contributed by atoms with Crippen LogP contribution in [-0.4, -0.2) is 32.9 Å².